The van der Waals surface area contributed by atoms with Crippen LogP contribution in [-0.2, 0) is 0 Å². The molecule has 0 atom stereocenters. The van der Waals surface area contributed by atoms with E-state index in [1.54, 1.807) is 6.08 Å². The van der Waals surface area contributed by atoms with E-state index < -0.39 is 0 Å². The van der Waals surface area contributed by atoms with Gasteiger partial charge in [-0.25, -0.2) is 0 Å². The molecule has 1 nitrogen and oxygen atoms in total. The van der Waals surface area contributed by atoms with Gasteiger partial charge in [-0.1, -0.05) is 51.3 Å². The van der Waals surface area contributed by atoms with Gasteiger partial charge in [-0.05, 0) is 24.1 Å². The van der Waals surface area contributed by atoms with Crippen molar-refractivity contribution in [3.63, 3.8) is 0 Å². The molecule has 1 heteroatoms. The van der Waals surface area contributed by atoms with Crippen molar-refractivity contribution < 1.29 is 0 Å². The van der Waals surface area contributed by atoms with E-state index in [1.165, 1.54) is 11.1 Å². The Morgan fingerprint density at radius 1 is 1.43 bits per heavy atom. The first kappa shape index (κ1) is 12.9. The molecule has 0 amide bonds. The van der Waals surface area contributed by atoms with E-state index in [0.29, 0.717) is 0 Å². The highest BCUT2D eigenvalue weighted by Gasteiger charge is 2.04. The van der Waals surface area contributed by atoms with Gasteiger partial charge in [-0.2, -0.15) is 0 Å². The lowest BCUT2D eigenvalue weighted by atomic mass is 10.00. The molecule has 0 aliphatic carbocycles. The Bertz CT molecular complexity index is 234. The lowest BCUT2D eigenvalue weighted by Gasteiger charge is -2.14. The maximum atomic E-state index is 3.78. The first-order valence-electron chi connectivity index (χ1n) is 5.23. The molecule has 14 heavy (non-hydrogen) atoms. The molecule has 0 fully saturated rings. The Kier molecular flexibility index (Phi) is 7.86. The van der Waals surface area contributed by atoms with Gasteiger partial charge in [0.25, 0.3) is 0 Å². The summed E-state index contributed by atoms with van der Waals surface area (Å²) in [5.41, 5.74) is 2.58. The van der Waals surface area contributed by atoms with E-state index >= 15 is 0 Å². The first-order chi connectivity index (χ1) is 6.88. The third-order valence-corrected chi connectivity index (χ3v) is 1.95. The van der Waals surface area contributed by atoms with Crippen LogP contribution in [0.3, 0.4) is 0 Å². The van der Waals surface area contributed by atoms with E-state index in [1.807, 2.05) is 26.0 Å². The van der Waals surface area contributed by atoms with Gasteiger partial charge in [0.1, 0.15) is 0 Å². The third kappa shape index (κ3) is 4.24. The van der Waals surface area contributed by atoms with Gasteiger partial charge < -0.3 is 5.32 Å². The van der Waals surface area contributed by atoms with Crippen LogP contribution in [0, 0.1) is 0 Å². The lowest BCUT2D eigenvalue weighted by Crippen LogP contribution is -2.20. The van der Waals surface area contributed by atoms with Gasteiger partial charge in [0, 0.05) is 6.54 Å². The highest BCUT2D eigenvalue weighted by atomic mass is 14.8. The minimum atomic E-state index is 0.970. The summed E-state index contributed by atoms with van der Waals surface area (Å²) in [6, 6.07) is 0. The molecule has 1 aliphatic rings. The summed E-state index contributed by atoms with van der Waals surface area (Å²) < 4.78 is 0. The van der Waals surface area contributed by atoms with E-state index in [-0.39, 0.29) is 0 Å². The maximum Gasteiger partial charge on any atom is 0.0140 e. The smallest absolute Gasteiger partial charge is 0.0140 e. The monoisotopic (exact) mass is 191 g/mol. The SMILES string of the molecule is C=C/C=C(\C=C)C1=CCNCC1.CC. The second kappa shape index (κ2) is 8.52. The van der Waals surface area contributed by atoms with Crippen molar-refractivity contribution in [3.8, 4) is 0 Å². The zero-order valence-corrected chi connectivity index (χ0v) is 9.34. The number of rotatable bonds is 3. The molecular formula is C13H21N. The number of allylic oxidation sites excluding steroid dienone is 4. The molecule has 0 saturated carbocycles. The molecule has 0 bridgehead atoms. The number of hydrogen-bond acceptors (Lipinski definition) is 1. The van der Waals surface area contributed by atoms with Gasteiger partial charge in [0.05, 0.1) is 0 Å². The molecule has 0 spiro atoms. The van der Waals surface area contributed by atoms with Crippen molar-refractivity contribution in [2.75, 3.05) is 13.1 Å². The first-order valence-corrected chi connectivity index (χ1v) is 5.23. The van der Waals surface area contributed by atoms with Crippen LogP contribution < -0.4 is 5.32 Å². The Balaban J connectivity index is 0.000000791. The highest BCUT2D eigenvalue weighted by Crippen LogP contribution is 2.16. The second-order valence-electron chi connectivity index (χ2n) is 2.75. The van der Waals surface area contributed by atoms with Crippen molar-refractivity contribution >= 4 is 0 Å². The third-order valence-electron chi connectivity index (χ3n) is 1.95. The summed E-state index contributed by atoms with van der Waals surface area (Å²) in [6.07, 6.45) is 9.00. The zero-order chi connectivity index (χ0) is 10.8. The molecule has 0 radical (unpaired) electrons. The van der Waals surface area contributed by atoms with Gasteiger partial charge in [-0.3, -0.25) is 0 Å². The Morgan fingerprint density at radius 3 is 2.57 bits per heavy atom. The summed E-state index contributed by atoms with van der Waals surface area (Å²) >= 11 is 0. The van der Waals surface area contributed by atoms with Crippen molar-refractivity contribution in [2.24, 2.45) is 0 Å². The van der Waals surface area contributed by atoms with Gasteiger partial charge in [0.2, 0.25) is 0 Å². The summed E-state index contributed by atoms with van der Waals surface area (Å²) in [5, 5.41) is 3.27. The molecule has 0 aromatic carbocycles. The van der Waals surface area contributed by atoms with Crippen LogP contribution in [0.1, 0.15) is 20.3 Å². The van der Waals surface area contributed by atoms with Crippen molar-refractivity contribution in [3.05, 3.63) is 48.6 Å². The summed E-state index contributed by atoms with van der Waals surface area (Å²) in [5.74, 6) is 0. The quantitative estimate of drug-likeness (QED) is 0.675. The fraction of sp³-hybridized carbons (Fsp3) is 0.385. The second-order valence-corrected chi connectivity index (χ2v) is 2.75. The highest BCUT2D eigenvalue weighted by molar-refractivity contribution is 5.41. The molecular weight excluding hydrogens is 170 g/mol. The largest absolute Gasteiger partial charge is 0.313 e. The van der Waals surface area contributed by atoms with Crippen molar-refractivity contribution in [1.29, 1.82) is 0 Å². The average Bonchev–Trinajstić information content (AvgIpc) is 2.30. The van der Waals surface area contributed by atoms with E-state index in [2.05, 4.69) is 24.6 Å². The van der Waals surface area contributed by atoms with Crippen molar-refractivity contribution in [1.82, 2.24) is 5.32 Å². The van der Waals surface area contributed by atoms with Crippen LogP contribution >= 0.6 is 0 Å². The predicted molar refractivity (Wildman–Crippen MR) is 65.4 cm³/mol. The molecule has 0 saturated heterocycles. The molecule has 0 aromatic heterocycles. The van der Waals surface area contributed by atoms with Crippen LogP contribution in [0.4, 0.5) is 0 Å². The zero-order valence-electron chi connectivity index (χ0n) is 9.34. The van der Waals surface area contributed by atoms with E-state index in [0.717, 1.165) is 19.5 Å². The van der Waals surface area contributed by atoms with Crippen LogP contribution in [0.15, 0.2) is 48.6 Å². The van der Waals surface area contributed by atoms with Crippen LogP contribution in [0.5, 0.6) is 0 Å². The van der Waals surface area contributed by atoms with E-state index in [9.17, 15) is 0 Å². The Morgan fingerprint density at radius 2 is 2.14 bits per heavy atom. The molecule has 1 aliphatic heterocycles. The Labute approximate surface area is 87.9 Å². The Hall–Kier alpha value is -1.08. The van der Waals surface area contributed by atoms with Crippen LogP contribution in [0.2, 0.25) is 0 Å². The minimum Gasteiger partial charge on any atom is -0.313 e. The number of nitrogens with one attached hydrogen (secondary N) is 1. The molecule has 1 N–H and O–H groups in total. The molecule has 78 valence electrons. The molecule has 1 rings (SSSR count). The molecule has 0 unspecified atom stereocenters. The lowest BCUT2D eigenvalue weighted by molar-refractivity contribution is 0.709. The van der Waals surface area contributed by atoms with Gasteiger partial charge >= 0.3 is 0 Å². The van der Waals surface area contributed by atoms with Gasteiger partial charge in [0.15, 0.2) is 0 Å². The van der Waals surface area contributed by atoms with E-state index in [4.69, 9.17) is 0 Å². The maximum absolute atomic E-state index is 3.78. The number of hydrogen-bond donors (Lipinski definition) is 1. The normalized spacial score (nSPS) is 16.1. The van der Waals surface area contributed by atoms with Crippen LogP contribution in [-0.4, -0.2) is 13.1 Å². The van der Waals surface area contributed by atoms with Crippen LogP contribution in [0.25, 0.3) is 0 Å². The summed E-state index contributed by atoms with van der Waals surface area (Å²) in [4.78, 5) is 0. The van der Waals surface area contributed by atoms with Crippen molar-refractivity contribution in [2.45, 2.75) is 20.3 Å². The fourth-order valence-electron chi connectivity index (χ4n) is 1.32. The fourth-order valence-corrected chi connectivity index (χ4v) is 1.32. The molecule has 1 heterocycles. The average molecular weight is 191 g/mol. The summed E-state index contributed by atoms with van der Waals surface area (Å²) in [7, 11) is 0. The topological polar surface area (TPSA) is 12.0 Å². The van der Waals surface area contributed by atoms with Gasteiger partial charge in [-0.15, -0.1) is 0 Å². The standard InChI is InChI=1S/C11H15N.C2H6/c1-3-5-10(4-2)11-6-8-12-9-7-11;1-2/h3-6,12H,1-2,7-9H2;1-2H3/b10-5+;. The predicted octanol–water partition coefficient (Wildman–Crippen LogP) is 3.23. The summed E-state index contributed by atoms with van der Waals surface area (Å²) in [6.45, 7) is 13.5. The molecule has 0 aromatic rings. The minimum absolute atomic E-state index is 0.970.